The van der Waals surface area contributed by atoms with E-state index in [4.69, 9.17) is 39.9 Å². The zero-order valence-corrected chi connectivity index (χ0v) is 26.5. The Morgan fingerprint density at radius 3 is 2.26 bits per heavy atom. The van der Waals surface area contributed by atoms with Crippen molar-refractivity contribution in [2.45, 2.75) is 102 Å². The van der Waals surface area contributed by atoms with Gasteiger partial charge in [-0.15, -0.1) is 0 Å². The number of fused-ring (bicyclic) bond motifs is 1. The second kappa shape index (κ2) is 9.73. The maximum Gasteiger partial charge on any atom is 0.335 e. The standard InChI is InChI=1S/C24H41ClN6O5Si2/c1-13(2)37(14(3)4)32-11-24-10-30(9)34-18(19(24)35-38(36-37,15(5)6)16(7)8)22(33-24)31-12-27-17-20(25)28-23(26)29-21(17)31/h12-16,18-19,22H,10-11H2,1-9H3,(H2,26,28,29)/t18?,19-,22-,24-/m1/s1. The Hall–Kier alpha value is -1.17. The molecule has 0 aromatic carbocycles. The molecule has 0 aliphatic carbocycles. The summed E-state index contributed by atoms with van der Waals surface area (Å²) < 4.78 is 30.6. The number of nitrogen functional groups attached to an aromatic ring is 1. The van der Waals surface area contributed by atoms with E-state index in [-0.39, 0.29) is 33.3 Å². The van der Waals surface area contributed by atoms with Gasteiger partial charge in [0.05, 0.1) is 19.5 Å². The number of nitrogens with zero attached hydrogens (tertiary/aromatic N) is 5. The predicted octanol–water partition coefficient (Wildman–Crippen LogP) is 4.53. The van der Waals surface area contributed by atoms with Gasteiger partial charge in [0.15, 0.2) is 23.1 Å². The molecular weight excluding hydrogens is 544 g/mol. The number of aromatic nitrogens is 4. The van der Waals surface area contributed by atoms with Crippen LogP contribution in [-0.4, -0.2) is 79.7 Å². The van der Waals surface area contributed by atoms with Gasteiger partial charge in [-0.3, -0.25) is 9.40 Å². The van der Waals surface area contributed by atoms with Crippen LogP contribution in [0.25, 0.3) is 11.2 Å². The molecule has 212 valence electrons. The summed E-state index contributed by atoms with van der Waals surface area (Å²) >= 11 is 6.34. The normalized spacial score (nSPS) is 31.4. The second-order valence-electron chi connectivity index (χ2n) is 12.1. The van der Waals surface area contributed by atoms with Crippen LogP contribution >= 0.6 is 11.6 Å². The van der Waals surface area contributed by atoms with Crippen LogP contribution in [0.4, 0.5) is 5.95 Å². The van der Waals surface area contributed by atoms with E-state index in [1.165, 1.54) is 0 Å². The first-order valence-electron chi connectivity index (χ1n) is 13.5. The number of anilines is 1. The number of hydrogen-bond donors (Lipinski definition) is 1. The number of imidazole rings is 1. The van der Waals surface area contributed by atoms with Crippen LogP contribution < -0.4 is 5.73 Å². The largest absolute Gasteiger partial charge is 0.414 e. The number of likely N-dealkylation sites (N-methyl/N-ethyl adjacent to an activating group) is 1. The third-order valence-electron chi connectivity index (χ3n) is 8.31. The van der Waals surface area contributed by atoms with Crippen molar-refractivity contribution in [3.8, 4) is 0 Å². The third-order valence-corrected chi connectivity index (χ3v) is 18.8. The van der Waals surface area contributed by atoms with Crippen LogP contribution in [0.15, 0.2) is 6.33 Å². The van der Waals surface area contributed by atoms with Gasteiger partial charge < -0.3 is 23.4 Å². The van der Waals surface area contributed by atoms with E-state index in [9.17, 15) is 0 Å². The van der Waals surface area contributed by atoms with E-state index in [0.29, 0.717) is 24.3 Å². The fraction of sp³-hybridized carbons (Fsp3) is 0.792. The summed E-state index contributed by atoms with van der Waals surface area (Å²) in [6, 6.07) is 0. The van der Waals surface area contributed by atoms with Gasteiger partial charge in [0.2, 0.25) is 5.95 Å². The van der Waals surface area contributed by atoms with Crippen molar-refractivity contribution in [1.82, 2.24) is 24.6 Å². The number of hydroxylamine groups is 2. The molecule has 2 aromatic rings. The van der Waals surface area contributed by atoms with Crippen LogP contribution in [0.5, 0.6) is 0 Å². The van der Waals surface area contributed by atoms with Gasteiger partial charge in [0, 0.05) is 7.05 Å². The summed E-state index contributed by atoms with van der Waals surface area (Å²) in [6.45, 7) is 18.5. The summed E-state index contributed by atoms with van der Waals surface area (Å²) in [7, 11) is -3.71. The summed E-state index contributed by atoms with van der Waals surface area (Å²) in [5.74, 6) is 0.0658. The minimum atomic E-state index is -2.88. The first-order chi connectivity index (χ1) is 17.8. The van der Waals surface area contributed by atoms with E-state index in [1.54, 1.807) is 6.33 Å². The van der Waals surface area contributed by atoms with Crippen molar-refractivity contribution in [1.29, 1.82) is 0 Å². The average molecular weight is 585 g/mol. The molecule has 3 aliphatic rings. The van der Waals surface area contributed by atoms with Gasteiger partial charge in [-0.25, -0.2) is 4.98 Å². The monoisotopic (exact) mass is 584 g/mol. The minimum Gasteiger partial charge on any atom is -0.414 e. The van der Waals surface area contributed by atoms with E-state index in [0.717, 1.165) is 0 Å². The lowest BCUT2D eigenvalue weighted by molar-refractivity contribution is -0.257. The van der Waals surface area contributed by atoms with Gasteiger partial charge in [0.1, 0.15) is 17.2 Å². The molecule has 3 saturated heterocycles. The predicted molar refractivity (Wildman–Crippen MR) is 149 cm³/mol. The quantitative estimate of drug-likeness (QED) is 0.396. The zero-order chi connectivity index (χ0) is 27.8. The van der Waals surface area contributed by atoms with Crippen molar-refractivity contribution >= 4 is 45.8 Å². The van der Waals surface area contributed by atoms with Crippen molar-refractivity contribution in [2.24, 2.45) is 0 Å². The lowest BCUT2D eigenvalue weighted by Gasteiger charge is -2.55. The Labute approximate surface area is 231 Å². The Balaban J connectivity index is 1.67. The van der Waals surface area contributed by atoms with Crippen molar-refractivity contribution < 1.29 is 22.5 Å². The molecule has 0 radical (unpaired) electrons. The molecule has 0 saturated carbocycles. The highest BCUT2D eigenvalue weighted by Crippen LogP contribution is 2.53. The highest BCUT2D eigenvalue weighted by atomic mass is 35.5. The van der Waals surface area contributed by atoms with E-state index in [2.05, 4.69) is 70.3 Å². The first kappa shape index (κ1) is 28.4. The minimum absolute atomic E-state index is 0.0658. The summed E-state index contributed by atoms with van der Waals surface area (Å²) in [6.07, 6.45) is 0.142. The van der Waals surface area contributed by atoms with Gasteiger partial charge in [-0.2, -0.15) is 15.0 Å². The van der Waals surface area contributed by atoms with Crippen molar-refractivity contribution in [2.75, 3.05) is 25.9 Å². The molecule has 3 aliphatic heterocycles. The van der Waals surface area contributed by atoms with E-state index < -0.39 is 41.2 Å². The molecule has 3 fully saturated rings. The topological polar surface area (TPSA) is 119 Å². The van der Waals surface area contributed by atoms with Gasteiger partial charge in [-0.05, 0) is 22.2 Å². The maximum atomic E-state index is 7.37. The number of hydrogen-bond acceptors (Lipinski definition) is 10. The smallest absolute Gasteiger partial charge is 0.335 e. The van der Waals surface area contributed by atoms with E-state index in [1.807, 2.05) is 16.7 Å². The first-order valence-corrected chi connectivity index (χ1v) is 17.8. The number of nitrogens with two attached hydrogens (primary N) is 1. The molecule has 2 aromatic heterocycles. The van der Waals surface area contributed by atoms with Crippen molar-refractivity contribution in [3.05, 3.63) is 11.5 Å². The molecule has 38 heavy (non-hydrogen) atoms. The SMILES string of the molecule is CC(C)[Si]1(C(C)C)OC[C@@]23CN(C)OC([C@H](n4cnc5c(Cl)nc(N)nc54)O2)[C@H]3O[Si](C(C)C)(C(C)C)O1. The van der Waals surface area contributed by atoms with Crippen LogP contribution in [0.2, 0.25) is 27.3 Å². The zero-order valence-electron chi connectivity index (χ0n) is 23.8. The molecule has 11 nitrogen and oxygen atoms in total. The average Bonchev–Trinajstić information content (AvgIpc) is 3.28. The van der Waals surface area contributed by atoms with Gasteiger partial charge >= 0.3 is 17.1 Å². The molecule has 0 amide bonds. The number of halogens is 1. The molecule has 2 bridgehead atoms. The molecule has 2 N–H and O–H groups in total. The van der Waals surface area contributed by atoms with Crippen LogP contribution in [0, 0.1) is 0 Å². The van der Waals surface area contributed by atoms with Gasteiger partial charge in [-0.1, -0.05) is 67.0 Å². The Morgan fingerprint density at radius 2 is 1.66 bits per heavy atom. The van der Waals surface area contributed by atoms with Crippen LogP contribution in [0.1, 0.15) is 61.6 Å². The third kappa shape index (κ3) is 4.17. The molecule has 1 unspecified atom stereocenters. The van der Waals surface area contributed by atoms with Crippen molar-refractivity contribution in [3.63, 3.8) is 0 Å². The number of rotatable bonds is 5. The highest BCUT2D eigenvalue weighted by Gasteiger charge is 2.68. The lowest BCUT2D eigenvalue weighted by atomic mass is 9.94. The molecule has 4 atom stereocenters. The van der Waals surface area contributed by atoms with Crippen LogP contribution in [0.3, 0.4) is 0 Å². The summed E-state index contributed by atoms with van der Waals surface area (Å²) in [4.78, 5) is 19.4. The summed E-state index contributed by atoms with van der Waals surface area (Å²) in [5.41, 5.74) is 6.93. The highest BCUT2D eigenvalue weighted by molar-refractivity contribution is 6.84. The molecule has 5 rings (SSSR count). The number of ether oxygens (including phenoxy) is 1. The van der Waals surface area contributed by atoms with Gasteiger partial charge in [0.25, 0.3) is 0 Å². The molecule has 14 heteroatoms. The fourth-order valence-corrected chi connectivity index (χ4v) is 18.0. The Kier molecular flexibility index (Phi) is 7.27. The molecule has 0 spiro atoms. The Morgan fingerprint density at radius 1 is 1.03 bits per heavy atom. The Bertz CT molecular complexity index is 1180. The maximum absolute atomic E-state index is 7.37. The van der Waals surface area contributed by atoms with E-state index >= 15 is 0 Å². The lowest BCUT2D eigenvalue weighted by Crippen LogP contribution is -2.71. The molecule has 5 heterocycles. The van der Waals surface area contributed by atoms with Crippen LogP contribution in [-0.2, 0) is 22.5 Å². The molecular formula is C24H41ClN6O5Si2. The fourth-order valence-electron chi connectivity index (χ4n) is 6.46. The summed E-state index contributed by atoms with van der Waals surface area (Å²) in [5, 5.41) is 2.02. The second-order valence-corrected chi connectivity index (χ2v) is 21.3.